The number of aliphatic carboxylic acids is 1. The second-order valence-electron chi connectivity index (χ2n) is 7.27. The number of carboxylic acids is 1. The second kappa shape index (κ2) is 4.06. The third-order valence-corrected chi connectivity index (χ3v) is 5.86. The maximum Gasteiger partial charge on any atom is 0.326 e. The van der Waals surface area contributed by atoms with E-state index in [1.165, 1.54) is 38.5 Å². The Kier molecular flexibility index (Phi) is 2.51. The van der Waals surface area contributed by atoms with Gasteiger partial charge in [0, 0.05) is 5.41 Å². The normalized spacial score (nSPS) is 40.0. The average Bonchev–Trinajstić information content (AvgIpc) is 2.85. The Hall–Kier alpha value is -1.39. The highest BCUT2D eigenvalue weighted by Gasteiger charge is 2.54. The summed E-state index contributed by atoms with van der Waals surface area (Å²) in [4.78, 5) is 11.3. The molecule has 1 aromatic rings. The number of hydrogen-bond acceptors (Lipinski definition) is 3. The van der Waals surface area contributed by atoms with Crippen LogP contribution in [0, 0.1) is 17.8 Å². The van der Waals surface area contributed by atoms with E-state index in [0.29, 0.717) is 0 Å². The van der Waals surface area contributed by atoms with Crippen molar-refractivity contribution in [3.05, 3.63) is 12.2 Å². The largest absolute Gasteiger partial charge is 0.480 e. The molecule has 0 saturated heterocycles. The molecule has 4 fully saturated rings. The fraction of sp³-hybridized carbons (Fsp3) is 0.800. The molecule has 4 saturated carbocycles. The van der Waals surface area contributed by atoms with Crippen LogP contribution in [0.3, 0.4) is 0 Å². The predicted octanol–water partition coefficient (Wildman–Crippen LogP) is 2.39. The monoisotopic (exact) mass is 275 g/mol. The van der Waals surface area contributed by atoms with Crippen molar-refractivity contribution in [1.82, 2.24) is 14.8 Å². The van der Waals surface area contributed by atoms with Gasteiger partial charge in [-0.3, -0.25) is 0 Å². The lowest BCUT2D eigenvalue weighted by molar-refractivity contribution is -0.140. The van der Waals surface area contributed by atoms with Gasteiger partial charge in [-0.05, 0) is 63.2 Å². The fourth-order valence-corrected chi connectivity index (χ4v) is 5.41. The van der Waals surface area contributed by atoms with Gasteiger partial charge < -0.3 is 9.67 Å². The van der Waals surface area contributed by atoms with Gasteiger partial charge in [-0.2, -0.15) is 0 Å². The molecule has 1 atom stereocenters. The summed E-state index contributed by atoms with van der Waals surface area (Å²) in [6.07, 6.45) is 9.29. The minimum absolute atomic E-state index is 0.106. The molecule has 1 N–H and O–H groups in total. The zero-order chi connectivity index (χ0) is 13.9. The van der Waals surface area contributed by atoms with Crippen LogP contribution in [0.1, 0.15) is 57.3 Å². The van der Waals surface area contributed by atoms with Crippen LogP contribution in [-0.2, 0) is 10.2 Å². The predicted molar refractivity (Wildman–Crippen MR) is 72.2 cm³/mol. The Morgan fingerprint density at radius 2 is 1.85 bits per heavy atom. The van der Waals surface area contributed by atoms with E-state index in [0.717, 1.165) is 23.6 Å². The molecule has 0 radical (unpaired) electrons. The number of hydrogen-bond donors (Lipinski definition) is 1. The molecule has 5 rings (SSSR count). The van der Waals surface area contributed by atoms with Gasteiger partial charge in [-0.1, -0.05) is 0 Å². The molecule has 108 valence electrons. The summed E-state index contributed by atoms with van der Waals surface area (Å²) in [6.45, 7) is 1.72. The molecule has 5 heteroatoms. The maximum atomic E-state index is 11.3. The topological polar surface area (TPSA) is 68.0 Å². The highest BCUT2D eigenvalue weighted by atomic mass is 16.4. The van der Waals surface area contributed by atoms with Crippen LogP contribution in [0.15, 0.2) is 6.33 Å². The van der Waals surface area contributed by atoms with Crippen LogP contribution in [-0.4, -0.2) is 25.8 Å². The van der Waals surface area contributed by atoms with Crippen molar-refractivity contribution in [2.75, 3.05) is 0 Å². The summed E-state index contributed by atoms with van der Waals surface area (Å²) < 4.78 is 1.80. The van der Waals surface area contributed by atoms with Gasteiger partial charge in [0.1, 0.15) is 18.2 Å². The molecule has 0 spiro atoms. The molecule has 0 amide bonds. The molecule has 1 unspecified atom stereocenters. The first-order valence-corrected chi connectivity index (χ1v) is 7.70. The van der Waals surface area contributed by atoms with Crippen LogP contribution in [0.4, 0.5) is 0 Å². The van der Waals surface area contributed by atoms with Crippen molar-refractivity contribution < 1.29 is 9.90 Å². The first-order valence-electron chi connectivity index (χ1n) is 7.70. The van der Waals surface area contributed by atoms with E-state index in [2.05, 4.69) is 10.2 Å². The minimum atomic E-state index is -0.809. The van der Waals surface area contributed by atoms with Gasteiger partial charge in [-0.15, -0.1) is 10.2 Å². The SMILES string of the molecule is CC(C(=O)O)n1cnnc1C12CC3CC(CC(C3)C1)C2. The summed E-state index contributed by atoms with van der Waals surface area (Å²) in [5, 5.41) is 17.7. The van der Waals surface area contributed by atoms with E-state index in [9.17, 15) is 9.90 Å². The van der Waals surface area contributed by atoms with Gasteiger partial charge >= 0.3 is 5.97 Å². The van der Waals surface area contributed by atoms with Crippen molar-refractivity contribution in [2.24, 2.45) is 17.8 Å². The van der Waals surface area contributed by atoms with Gasteiger partial charge in [0.15, 0.2) is 0 Å². The van der Waals surface area contributed by atoms with Crippen molar-refractivity contribution in [2.45, 2.75) is 56.9 Å². The van der Waals surface area contributed by atoms with Crippen LogP contribution in [0.5, 0.6) is 0 Å². The van der Waals surface area contributed by atoms with Crippen LogP contribution < -0.4 is 0 Å². The van der Waals surface area contributed by atoms with Gasteiger partial charge in [0.2, 0.25) is 0 Å². The Morgan fingerprint density at radius 3 is 2.35 bits per heavy atom. The summed E-state index contributed by atoms with van der Waals surface area (Å²) >= 11 is 0. The summed E-state index contributed by atoms with van der Waals surface area (Å²) in [6, 6.07) is -0.576. The highest BCUT2D eigenvalue weighted by Crippen LogP contribution is 2.60. The third kappa shape index (κ3) is 1.64. The molecule has 4 aliphatic carbocycles. The van der Waals surface area contributed by atoms with Gasteiger partial charge in [0.05, 0.1) is 0 Å². The van der Waals surface area contributed by atoms with Crippen LogP contribution in [0.25, 0.3) is 0 Å². The fourth-order valence-electron chi connectivity index (χ4n) is 5.41. The first kappa shape index (κ1) is 12.4. The lowest BCUT2D eigenvalue weighted by atomic mass is 9.49. The van der Waals surface area contributed by atoms with E-state index in [1.807, 2.05) is 0 Å². The minimum Gasteiger partial charge on any atom is -0.480 e. The van der Waals surface area contributed by atoms with Crippen molar-refractivity contribution >= 4 is 5.97 Å². The third-order valence-electron chi connectivity index (χ3n) is 5.86. The Labute approximate surface area is 118 Å². The molecular weight excluding hydrogens is 254 g/mol. The maximum absolute atomic E-state index is 11.3. The Bertz CT molecular complexity index is 516. The van der Waals surface area contributed by atoms with Crippen LogP contribution in [0.2, 0.25) is 0 Å². The number of carboxylic acid groups (broad SMARTS) is 1. The first-order chi connectivity index (χ1) is 9.57. The summed E-state index contributed by atoms with van der Waals surface area (Å²) in [5.41, 5.74) is 0.106. The lowest BCUT2D eigenvalue weighted by Crippen LogP contribution is -2.50. The number of rotatable bonds is 3. The van der Waals surface area contributed by atoms with Crippen molar-refractivity contribution in [3.8, 4) is 0 Å². The Balaban J connectivity index is 1.74. The van der Waals surface area contributed by atoms with E-state index >= 15 is 0 Å². The Morgan fingerprint density at radius 1 is 1.30 bits per heavy atom. The second-order valence-corrected chi connectivity index (χ2v) is 7.27. The molecular formula is C15H21N3O2. The number of carbonyl (C=O) groups is 1. The molecule has 20 heavy (non-hydrogen) atoms. The molecule has 0 aromatic carbocycles. The standard InChI is InChI=1S/C15H21N3O2/c1-9(13(19)20)18-8-16-17-14(18)15-5-10-2-11(6-15)4-12(3-10)7-15/h8-12H,2-7H2,1H3,(H,19,20). The quantitative estimate of drug-likeness (QED) is 0.919. The lowest BCUT2D eigenvalue weighted by Gasteiger charge is -2.56. The highest BCUT2D eigenvalue weighted by molar-refractivity contribution is 5.71. The van der Waals surface area contributed by atoms with Gasteiger partial charge in [0.25, 0.3) is 0 Å². The van der Waals surface area contributed by atoms with E-state index in [-0.39, 0.29) is 5.41 Å². The summed E-state index contributed by atoms with van der Waals surface area (Å²) in [5.74, 6) is 2.60. The molecule has 4 bridgehead atoms. The van der Waals surface area contributed by atoms with Crippen molar-refractivity contribution in [3.63, 3.8) is 0 Å². The zero-order valence-electron chi connectivity index (χ0n) is 11.8. The molecule has 5 nitrogen and oxygen atoms in total. The van der Waals surface area contributed by atoms with Gasteiger partial charge in [-0.25, -0.2) is 4.79 Å². The van der Waals surface area contributed by atoms with E-state index < -0.39 is 12.0 Å². The zero-order valence-corrected chi connectivity index (χ0v) is 11.8. The number of nitrogens with zero attached hydrogens (tertiary/aromatic N) is 3. The van der Waals surface area contributed by atoms with E-state index in [1.54, 1.807) is 17.8 Å². The average molecular weight is 275 g/mol. The summed E-state index contributed by atoms with van der Waals surface area (Å²) in [7, 11) is 0. The van der Waals surface area contributed by atoms with Crippen molar-refractivity contribution in [1.29, 1.82) is 0 Å². The molecule has 4 aliphatic rings. The number of aromatic nitrogens is 3. The molecule has 0 aliphatic heterocycles. The van der Waals surface area contributed by atoms with E-state index in [4.69, 9.17) is 0 Å². The molecule has 1 heterocycles. The van der Waals surface area contributed by atoms with Crippen LogP contribution >= 0.6 is 0 Å². The smallest absolute Gasteiger partial charge is 0.326 e. The molecule has 1 aromatic heterocycles.